The molecular formula is C24H28ClNO4. The van der Waals surface area contributed by atoms with Gasteiger partial charge in [-0.3, -0.25) is 4.79 Å². The second kappa shape index (κ2) is 9.63. The van der Waals surface area contributed by atoms with Crippen molar-refractivity contribution < 1.29 is 19.1 Å². The summed E-state index contributed by atoms with van der Waals surface area (Å²) in [4.78, 5) is 25.5. The Morgan fingerprint density at radius 2 is 1.70 bits per heavy atom. The van der Waals surface area contributed by atoms with Crippen LogP contribution in [0.15, 0.2) is 42.5 Å². The third kappa shape index (κ3) is 5.02. The average Bonchev–Trinajstić information content (AvgIpc) is 2.75. The van der Waals surface area contributed by atoms with Crippen LogP contribution in [0.3, 0.4) is 0 Å². The van der Waals surface area contributed by atoms with Gasteiger partial charge in [-0.2, -0.15) is 0 Å². The van der Waals surface area contributed by atoms with Crippen molar-refractivity contribution in [2.75, 3.05) is 14.2 Å². The molecule has 30 heavy (non-hydrogen) atoms. The molecule has 1 amide bonds. The SMILES string of the molecule is COC(=O)[C@]1(NC(=O)Cc2cc(-c3ccc(Cl)cc3)ccc2C)CC[C@H](OC)CC1. The number of rotatable bonds is 6. The van der Waals surface area contributed by atoms with Gasteiger partial charge in [-0.05, 0) is 67.0 Å². The molecule has 160 valence electrons. The summed E-state index contributed by atoms with van der Waals surface area (Å²) in [7, 11) is 3.03. The minimum Gasteiger partial charge on any atom is -0.467 e. The van der Waals surface area contributed by atoms with Gasteiger partial charge in [-0.15, -0.1) is 0 Å². The highest BCUT2D eigenvalue weighted by atomic mass is 35.5. The largest absolute Gasteiger partial charge is 0.467 e. The normalized spacial score (nSPS) is 21.1. The van der Waals surface area contributed by atoms with Gasteiger partial charge in [-0.25, -0.2) is 4.79 Å². The molecule has 0 unspecified atom stereocenters. The number of halogens is 1. The lowest BCUT2D eigenvalue weighted by Crippen LogP contribution is -2.57. The van der Waals surface area contributed by atoms with Crippen LogP contribution >= 0.6 is 11.6 Å². The highest BCUT2D eigenvalue weighted by molar-refractivity contribution is 6.30. The quantitative estimate of drug-likeness (QED) is 0.688. The monoisotopic (exact) mass is 429 g/mol. The summed E-state index contributed by atoms with van der Waals surface area (Å²) in [6, 6.07) is 13.7. The average molecular weight is 430 g/mol. The van der Waals surface area contributed by atoms with Crippen molar-refractivity contribution >= 4 is 23.5 Å². The Morgan fingerprint density at radius 3 is 2.30 bits per heavy atom. The number of carbonyl (C=O) groups is 2. The fourth-order valence-corrected chi connectivity index (χ4v) is 4.19. The molecule has 0 aromatic heterocycles. The number of esters is 1. The lowest BCUT2D eigenvalue weighted by atomic mass is 9.80. The predicted octanol–water partition coefficient (Wildman–Crippen LogP) is 4.47. The molecule has 0 radical (unpaired) electrons. The summed E-state index contributed by atoms with van der Waals surface area (Å²) >= 11 is 5.99. The summed E-state index contributed by atoms with van der Waals surface area (Å²) in [5.41, 5.74) is 3.01. The maximum absolute atomic E-state index is 12.9. The molecule has 1 N–H and O–H groups in total. The fraction of sp³-hybridized carbons (Fsp3) is 0.417. The van der Waals surface area contributed by atoms with Crippen LogP contribution in [-0.4, -0.2) is 37.7 Å². The van der Waals surface area contributed by atoms with Gasteiger partial charge in [0.2, 0.25) is 5.91 Å². The molecule has 0 atom stereocenters. The van der Waals surface area contributed by atoms with E-state index >= 15 is 0 Å². The van der Waals surface area contributed by atoms with E-state index in [-0.39, 0.29) is 18.4 Å². The molecule has 6 heteroatoms. The lowest BCUT2D eigenvalue weighted by Gasteiger charge is -2.38. The van der Waals surface area contributed by atoms with Gasteiger partial charge in [0.1, 0.15) is 5.54 Å². The zero-order valence-electron chi connectivity index (χ0n) is 17.7. The van der Waals surface area contributed by atoms with E-state index in [1.54, 1.807) is 7.11 Å². The lowest BCUT2D eigenvalue weighted by molar-refractivity contribution is -0.153. The van der Waals surface area contributed by atoms with Crippen molar-refractivity contribution in [1.82, 2.24) is 5.32 Å². The minimum absolute atomic E-state index is 0.109. The van der Waals surface area contributed by atoms with Crippen molar-refractivity contribution in [3.63, 3.8) is 0 Å². The van der Waals surface area contributed by atoms with E-state index in [9.17, 15) is 9.59 Å². The minimum atomic E-state index is -0.984. The van der Waals surface area contributed by atoms with Crippen molar-refractivity contribution in [3.8, 4) is 11.1 Å². The van der Waals surface area contributed by atoms with E-state index in [1.807, 2.05) is 49.4 Å². The molecule has 0 saturated heterocycles. The van der Waals surface area contributed by atoms with Crippen LogP contribution in [0.5, 0.6) is 0 Å². The van der Waals surface area contributed by atoms with Crippen LogP contribution in [-0.2, 0) is 25.5 Å². The van der Waals surface area contributed by atoms with E-state index in [1.165, 1.54) is 7.11 Å². The second-order valence-electron chi connectivity index (χ2n) is 7.88. The van der Waals surface area contributed by atoms with E-state index in [4.69, 9.17) is 21.1 Å². The Balaban J connectivity index is 1.76. The van der Waals surface area contributed by atoms with Gasteiger partial charge < -0.3 is 14.8 Å². The highest BCUT2D eigenvalue weighted by Gasteiger charge is 2.44. The molecule has 2 aromatic rings. The molecule has 1 saturated carbocycles. The van der Waals surface area contributed by atoms with Crippen LogP contribution < -0.4 is 5.32 Å². The molecule has 0 heterocycles. The van der Waals surface area contributed by atoms with E-state index in [0.29, 0.717) is 30.7 Å². The fourth-order valence-electron chi connectivity index (χ4n) is 4.06. The predicted molar refractivity (Wildman–Crippen MR) is 117 cm³/mol. The van der Waals surface area contributed by atoms with E-state index < -0.39 is 11.5 Å². The van der Waals surface area contributed by atoms with Crippen molar-refractivity contribution in [3.05, 3.63) is 58.6 Å². The van der Waals surface area contributed by atoms with Gasteiger partial charge in [-0.1, -0.05) is 41.9 Å². The van der Waals surface area contributed by atoms with Crippen molar-refractivity contribution in [2.45, 2.75) is 50.7 Å². The van der Waals surface area contributed by atoms with Crippen LogP contribution in [0.1, 0.15) is 36.8 Å². The summed E-state index contributed by atoms with van der Waals surface area (Å²) in [5, 5.41) is 3.67. The first-order valence-corrected chi connectivity index (χ1v) is 10.5. The van der Waals surface area contributed by atoms with Crippen LogP contribution in [0, 0.1) is 6.92 Å². The van der Waals surface area contributed by atoms with Gasteiger partial charge in [0.25, 0.3) is 0 Å². The number of ether oxygens (including phenoxy) is 2. The summed E-state index contributed by atoms with van der Waals surface area (Å²) in [5.74, 6) is -0.579. The molecule has 1 fully saturated rings. The third-order valence-corrected chi connectivity index (χ3v) is 6.20. The standard InChI is InChI=1S/C24H28ClNO4/c1-16-4-5-18(17-6-8-20(25)9-7-17)14-19(16)15-22(27)26-24(23(28)30-3)12-10-21(29-2)11-13-24/h4-9,14,21H,10-13,15H2,1-3H3,(H,26,27)/t21-,24-. The molecule has 2 aromatic carbocycles. The number of hydrogen-bond acceptors (Lipinski definition) is 4. The molecule has 1 aliphatic rings. The highest BCUT2D eigenvalue weighted by Crippen LogP contribution is 2.31. The van der Waals surface area contributed by atoms with E-state index in [0.717, 1.165) is 22.3 Å². The Morgan fingerprint density at radius 1 is 1.07 bits per heavy atom. The van der Waals surface area contributed by atoms with Gasteiger partial charge in [0.05, 0.1) is 19.6 Å². The van der Waals surface area contributed by atoms with Gasteiger partial charge >= 0.3 is 5.97 Å². The summed E-state index contributed by atoms with van der Waals surface area (Å²) in [6.45, 7) is 1.98. The Bertz CT molecular complexity index is 902. The molecule has 1 aliphatic carbocycles. The number of nitrogens with one attached hydrogen (secondary N) is 1. The summed E-state index contributed by atoms with van der Waals surface area (Å²) < 4.78 is 10.4. The third-order valence-electron chi connectivity index (χ3n) is 5.95. The maximum atomic E-state index is 12.9. The molecule has 3 rings (SSSR count). The maximum Gasteiger partial charge on any atom is 0.331 e. The molecule has 0 aliphatic heterocycles. The number of methoxy groups -OCH3 is 2. The number of hydrogen-bond donors (Lipinski definition) is 1. The summed E-state index contributed by atoms with van der Waals surface area (Å²) in [6.07, 6.45) is 2.73. The second-order valence-corrected chi connectivity index (χ2v) is 8.32. The zero-order chi connectivity index (χ0) is 21.7. The molecular weight excluding hydrogens is 402 g/mol. The topological polar surface area (TPSA) is 64.6 Å². The molecule has 5 nitrogen and oxygen atoms in total. The van der Waals surface area contributed by atoms with Crippen LogP contribution in [0.4, 0.5) is 0 Å². The van der Waals surface area contributed by atoms with E-state index in [2.05, 4.69) is 5.32 Å². The first kappa shape index (κ1) is 22.3. The smallest absolute Gasteiger partial charge is 0.331 e. The number of benzene rings is 2. The first-order valence-electron chi connectivity index (χ1n) is 10.1. The number of aryl methyl sites for hydroxylation is 1. The van der Waals surface area contributed by atoms with Gasteiger partial charge in [0, 0.05) is 12.1 Å². The van der Waals surface area contributed by atoms with Crippen molar-refractivity contribution in [1.29, 1.82) is 0 Å². The first-order chi connectivity index (χ1) is 14.4. The Kier molecular flexibility index (Phi) is 7.16. The zero-order valence-corrected chi connectivity index (χ0v) is 18.4. The van der Waals surface area contributed by atoms with Crippen LogP contribution in [0.2, 0.25) is 5.02 Å². The Labute approximate surface area is 182 Å². The van der Waals surface area contributed by atoms with Crippen LogP contribution in [0.25, 0.3) is 11.1 Å². The molecule has 0 spiro atoms. The Hall–Kier alpha value is -2.37. The molecule has 0 bridgehead atoms. The number of amides is 1. The van der Waals surface area contributed by atoms with Gasteiger partial charge in [0.15, 0.2) is 0 Å². The van der Waals surface area contributed by atoms with Crippen molar-refractivity contribution in [2.24, 2.45) is 0 Å². The number of carbonyl (C=O) groups excluding carboxylic acids is 2.